The molecule has 1 aliphatic rings. The van der Waals surface area contributed by atoms with Gasteiger partial charge in [0, 0.05) is 31.4 Å². The zero-order valence-corrected chi connectivity index (χ0v) is 16.0. The van der Waals surface area contributed by atoms with Crippen LogP contribution < -0.4 is 5.73 Å². The zero-order valence-electron chi connectivity index (χ0n) is 16.0. The number of anilines is 1. The average molecular weight is 386 g/mol. The van der Waals surface area contributed by atoms with E-state index in [4.69, 9.17) is 14.9 Å². The van der Waals surface area contributed by atoms with E-state index >= 15 is 0 Å². The molecule has 3 heterocycles. The Kier molecular flexibility index (Phi) is 4.71. The molecule has 0 aliphatic carbocycles. The van der Waals surface area contributed by atoms with E-state index in [9.17, 15) is 0 Å². The molecule has 0 saturated carbocycles. The highest BCUT2D eigenvalue weighted by Gasteiger charge is 2.14. The normalized spacial score (nSPS) is 15.0. The van der Waals surface area contributed by atoms with E-state index in [-0.39, 0.29) is 0 Å². The number of hydrogen-bond acceptors (Lipinski definition) is 6. The summed E-state index contributed by atoms with van der Waals surface area (Å²) in [6.45, 7) is 4.54. The highest BCUT2D eigenvalue weighted by molar-refractivity contribution is 5.80. The molecule has 0 atom stereocenters. The molecule has 0 radical (unpaired) electrons. The van der Waals surface area contributed by atoms with E-state index in [0.29, 0.717) is 17.3 Å². The van der Waals surface area contributed by atoms with Crippen LogP contribution in [-0.2, 0) is 11.3 Å². The second kappa shape index (κ2) is 7.66. The Hall–Kier alpha value is -3.22. The summed E-state index contributed by atoms with van der Waals surface area (Å²) < 4.78 is 11.3. The molecule has 0 bridgehead atoms. The van der Waals surface area contributed by atoms with Gasteiger partial charge in [-0.1, -0.05) is 36.4 Å². The smallest absolute Gasteiger partial charge is 0.231 e. The van der Waals surface area contributed by atoms with Crippen LogP contribution in [0.3, 0.4) is 0 Å². The van der Waals surface area contributed by atoms with Gasteiger partial charge in [0.05, 0.1) is 18.8 Å². The number of aromatic nitrogens is 2. The topological polar surface area (TPSA) is 77.4 Å². The Bertz CT molecular complexity index is 1100. The van der Waals surface area contributed by atoms with Gasteiger partial charge in [0.2, 0.25) is 5.89 Å². The third kappa shape index (κ3) is 3.72. The fourth-order valence-corrected chi connectivity index (χ4v) is 3.61. The molecule has 2 N–H and O–H groups in total. The maximum atomic E-state index is 6.12. The first kappa shape index (κ1) is 17.8. The van der Waals surface area contributed by atoms with Crippen molar-refractivity contribution in [3.8, 4) is 22.6 Å². The lowest BCUT2D eigenvalue weighted by Crippen LogP contribution is -2.35. The van der Waals surface area contributed by atoms with Crippen LogP contribution in [0, 0.1) is 0 Å². The number of ether oxygens (including phenoxy) is 1. The molecule has 0 spiro atoms. The maximum absolute atomic E-state index is 6.12. The molecular weight excluding hydrogens is 364 g/mol. The fraction of sp³-hybridized carbons (Fsp3) is 0.217. The summed E-state index contributed by atoms with van der Waals surface area (Å²) in [6, 6.07) is 18.2. The first-order valence-corrected chi connectivity index (χ1v) is 9.77. The second-order valence-corrected chi connectivity index (χ2v) is 7.23. The minimum absolute atomic E-state index is 0.407. The number of nitrogens with two attached hydrogens (primary N) is 1. The van der Waals surface area contributed by atoms with Gasteiger partial charge in [-0.2, -0.15) is 0 Å². The third-order valence-electron chi connectivity index (χ3n) is 5.24. The lowest BCUT2D eigenvalue weighted by molar-refractivity contribution is 0.0342. The van der Waals surface area contributed by atoms with Crippen molar-refractivity contribution in [2.24, 2.45) is 0 Å². The number of rotatable bonds is 4. The SMILES string of the molecule is Nc1ncc(-c2ccc(CN3CCOCC3)cc2)cc1-c1nc2ccccc2o1. The van der Waals surface area contributed by atoms with Crippen LogP contribution in [-0.4, -0.2) is 41.2 Å². The van der Waals surface area contributed by atoms with Gasteiger partial charge in [0.1, 0.15) is 11.3 Å². The van der Waals surface area contributed by atoms with E-state index in [1.807, 2.05) is 30.3 Å². The van der Waals surface area contributed by atoms with Gasteiger partial charge in [0.25, 0.3) is 0 Å². The van der Waals surface area contributed by atoms with Crippen molar-refractivity contribution in [2.75, 3.05) is 32.0 Å². The lowest BCUT2D eigenvalue weighted by Gasteiger charge is -2.26. The van der Waals surface area contributed by atoms with Crippen LogP contribution in [0.1, 0.15) is 5.56 Å². The van der Waals surface area contributed by atoms with Gasteiger partial charge in [-0.15, -0.1) is 0 Å². The van der Waals surface area contributed by atoms with Gasteiger partial charge in [-0.3, -0.25) is 4.90 Å². The number of fused-ring (bicyclic) bond motifs is 1. The molecule has 1 aliphatic heterocycles. The molecule has 1 fully saturated rings. The number of morpholine rings is 1. The van der Waals surface area contributed by atoms with Crippen LogP contribution in [0.25, 0.3) is 33.7 Å². The van der Waals surface area contributed by atoms with E-state index in [1.165, 1.54) is 5.56 Å². The summed E-state index contributed by atoms with van der Waals surface area (Å²) in [5.41, 5.74) is 11.7. The summed E-state index contributed by atoms with van der Waals surface area (Å²) in [5.74, 6) is 0.895. The van der Waals surface area contributed by atoms with Crippen molar-refractivity contribution < 1.29 is 9.15 Å². The Morgan fingerprint density at radius 2 is 1.76 bits per heavy atom. The maximum Gasteiger partial charge on any atom is 0.231 e. The molecule has 29 heavy (non-hydrogen) atoms. The lowest BCUT2D eigenvalue weighted by atomic mass is 10.0. The van der Waals surface area contributed by atoms with Crippen LogP contribution >= 0.6 is 0 Å². The minimum Gasteiger partial charge on any atom is -0.436 e. The summed E-state index contributed by atoms with van der Waals surface area (Å²) in [5, 5.41) is 0. The standard InChI is InChI=1S/C23H22N4O2/c24-22-19(23-26-20-3-1-2-4-21(20)29-23)13-18(14-25-22)17-7-5-16(6-8-17)15-27-9-11-28-12-10-27/h1-8,13-14H,9-12,15H2,(H2,24,25). The van der Waals surface area contributed by atoms with Gasteiger partial charge >= 0.3 is 0 Å². The van der Waals surface area contributed by atoms with Crippen molar-refractivity contribution >= 4 is 16.9 Å². The Morgan fingerprint density at radius 1 is 0.966 bits per heavy atom. The van der Waals surface area contributed by atoms with Crippen molar-refractivity contribution in [3.05, 3.63) is 66.4 Å². The summed E-state index contributed by atoms with van der Waals surface area (Å²) in [6.07, 6.45) is 1.79. The van der Waals surface area contributed by atoms with E-state index in [2.05, 4.69) is 39.1 Å². The van der Waals surface area contributed by atoms with Crippen LogP contribution in [0.5, 0.6) is 0 Å². The van der Waals surface area contributed by atoms with Crippen molar-refractivity contribution in [1.82, 2.24) is 14.9 Å². The van der Waals surface area contributed by atoms with Gasteiger partial charge in [-0.25, -0.2) is 9.97 Å². The average Bonchev–Trinajstić information content (AvgIpc) is 3.19. The molecule has 146 valence electrons. The highest BCUT2D eigenvalue weighted by atomic mass is 16.5. The molecule has 1 saturated heterocycles. The summed E-state index contributed by atoms with van der Waals surface area (Å²) in [7, 11) is 0. The summed E-state index contributed by atoms with van der Waals surface area (Å²) in [4.78, 5) is 11.3. The predicted octanol–water partition coefficient (Wildman–Crippen LogP) is 3.97. The first-order chi connectivity index (χ1) is 14.3. The number of benzene rings is 2. The highest BCUT2D eigenvalue weighted by Crippen LogP contribution is 2.31. The van der Waals surface area contributed by atoms with E-state index in [1.54, 1.807) is 6.20 Å². The molecule has 2 aromatic carbocycles. The molecule has 0 unspecified atom stereocenters. The second-order valence-electron chi connectivity index (χ2n) is 7.23. The predicted molar refractivity (Wildman–Crippen MR) is 113 cm³/mol. The fourth-order valence-electron chi connectivity index (χ4n) is 3.61. The van der Waals surface area contributed by atoms with Crippen molar-refractivity contribution in [2.45, 2.75) is 6.54 Å². The van der Waals surface area contributed by atoms with Crippen molar-refractivity contribution in [1.29, 1.82) is 0 Å². The van der Waals surface area contributed by atoms with E-state index < -0.39 is 0 Å². The largest absolute Gasteiger partial charge is 0.436 e. The Labute approximate surface area is 168 Å². The van der Waals surface area contributed by atoms with Gasteiger partial charge in [0.15, 0.2) is 5.58 Å². The number of nitrogen functional groups attached to an aromatic ring is 1. The molecule has 0 amide bonds. The molecule has 2 aromatic heterocycles. The quantitative estimate of drug-likeness (QED) is 0.572. The molecule has 6 heteroatoms. The van der Waals surface area contributed by atoms with Crippen molar-refractivity contribution in [3.63, 3.8) is 0 Å². The molecular formula is C23H22N4O2. The number of nitrogens with zero attached hydrogens (tertiary/aromatic N) is 3. The number of pyridine rings is 1. The first-order valence-electron chi connectivity index (χ1n) is 9.77. The number of para-hydroxylation sites is 2. The zero-order chi connectivity index (χ0) is 19.6. The Morgan fingerprint density at radius 3 is 2.55 bits per heavy atom. The minimum atomic E-state index is 0.407. The van der Waals surface area contributed by atoms with Crippen LogP contribution in [0.15, 0.2) is 65.2 Å². The molecule has 6 nitrogen and oxygen atoms in total. The van der Waals surface area contributed by atoms with E-state index in [0.717, 1.165) is 55.1 Å². The monoisotopic (exact) mass is 386 g/mol. The number of oxazole rings is 1. The van der Waals surface area contributed by atoms with Crippen LogP contribution in [0.4, 0.5) is 5.82 Å². The summed E-state index contributed by atoms with van der Waals surface area (Å²) >= 11 is 0. The molecule has 4 aromatic rings. The van der Waals surface area contributed by atoms with Gasteiger partial charge < -0.3 is 14.9 Å². The van der Waals surface area contributed by atoms with Gasteiger partial charge in [-0.05, 0) is 29.3 Å². The van der Waals surface area contributed by atoms with Crippen LogP contribution in [0.2, 0.25) is 0 Å². The Balaban J connectivity index is 1.41. The molecule has 5 rings (SSSR count). The number of hydrogen-bond donors (Lipinski definition) is 1. The third-order valence-corrected chi connectivity index (χ3v) is 5.24.